The number of unbranched alkanes of at least 4 members (excludes halogenated alkanes) is 5. The van der Waals surface area contributed by atoms with Gasteiger partial charge < -0.3 is 0 Å². The molecule has 0 aliphatic rings. The summed E-state index contributed by atoms with van der Waals surface area (Å²) in [5.74, 6) is 2.09. The van der Waals surface area contributed by atoms with Crippen LogP contribution in [-0.4, -0.2) is 11.5 Å². The Labute approximate surface area is 131 Å². The molecule has 2 heteroatoms. The Hall–Kier alpha value is -0.240. The van der Waals surface area contributed by atoms with Crippen LogP contribution in [0.1, 0.15) is 85.5 Å². The van der Waals surface area contributed by atoms with Crippen LogP contribution >= 0.6 is 11.8 Å². The minimum atomic E-state index is 0.372. The first-order valence-electron chi connectivity index (χ1n) is 8.47. The highest BCUT2D eigenvalue weighted by Crippen LogP contribution is 2.23. The molecule has 1 nitrogen and oxygen atoms in total. The molecule has 0 amide bonds. The second-order valence-electron chi connectivity index (χ2n) is 5.98. The molecule has 0 aliphatic heterocycles. The van der Waals surface area contributed by atoms with Crippen LogP contribution in [0.2, 0.25) is 0 Å². The van der Waals surface area contributed by atoms with Crippen molar-refractivity contribution in [3.8, 4) is 0 Å². The molecule has 0 spiro atoms. The monoisotopic (exact) mass is 298 g/mol. The van der Waals surface area contributed by atoms with Crippen molar-refractivity contribution in [1.29, 1.82) is 0 Å². The van der Waals surface area contributed by atoms with E-state index in [1.165, 1.54) is 38.5 Å². The molecule has 0 radical (unpaired) electrons. The average Bonchev–Trinajstić information content (AvgIpc) is 2.43. The molecule has 0 saturated carbocycles. The van der Waals surface area contributed by atoms with Gasteiger partial charge in [0.05, 0.1) is 0 Å². The van der Waals surface area contributed by atoms with E-state index >= 15 is 0 Å². The molecule has 0 aliphatic carbocycles. The lowest BCUT2D eigenvalue weighted by molar-refractivity contribution is -0.115. The van der Waals surface area contributed by atoms with Crippen molar-refractivity contribution in [2.75, 3.05) is 5.75 Å². The van der Waals surface area contributed by atoms with Gasteiger partial charge in [-0.15, -0.1) is 11.8 Å². The molecule has 0 aromatic heterocycles. The lowest BCUT2D eigenvalue weighted by Gasteiger charge is -2.08. The average molecular weight is 299 g/mol. The summed E-state index contributed by atoms with van der Waals surface area (Å²) < 4.78 is 0. The Balaban J connectivity index is 4.24. The lowest BCUT2D eigenvalue weighted by Crippen LogP contribution is -2.03. The summed E-state index contributed by atoms with van der Waals surface area (Å²) in [5, 5.41) is 0. The third-order valence-corrected chi connectivity index (χ3v) is 4.56. The highest BCUT2D eigenvalue weighted by atomic mass is 32.2. The van der Waals surface area contributed by atoms with Crippen molar-refractivity contribution < 1.29 is 4.79 Å². The molecule has 0 saturated heterocycles. The van der Waals surface area contributed by atoms with Crippen molar-refractivity contribution in [1.82, 2.24) is 0 Å². The van der Waals surface area contributed by atoms with Crippen molar-refractivity contribution in [3.05, 3.63) is 11.0 Å². The summed E-state index contributed by atoms with van der Waals surface area (Å²) in [7, 11) is 0. The topological polar surface area (TPSA) is 17.1 Å². The summed E-state index contributed by atoms with van der Waals surface area (Å²) in [6.07, 6.45) is 12.5. The molecule has 0 unspecified atom stereocenters. The molecule has 0 N–H and O–H groups in total. The quantitative estimate of drug-likeness (QED) is 0.290. The molecule has 0 aromatic carbocycles. The Bertz CT molecular complexity index is 269. The molecule has 0 aromatic rings. The largest absolute Gasteiger partial charge is 0.294 e. The van der Waals surface area contributed by atoms with E-state index in [1.807, 2.05) is 0 Å². The van der Waals surface area contributed by atoms with Crippen molar-refractivity contribution >= 4 is 17.5 Å². The van der Waals surface area contributed by atoms with E-state index < -0.39 is 0 Å². The van der Waals surface area contributed by atoms with Gasteiger partial charge in [0.1, 0.15) is 0 Å². The molecule has 0 fully saturated rings. The summed E-state index contributed by atoms with van der Waals surface area (Å²) in [5.41, 5.74) is 0. The van der Waals surface area contributed by atoms with Crippen LogP contribution in [-0.2, 0) is 4.79 Å². The number of Topliss-reactive ketones (excluding diaryl/α,β-unsaturated/α-hetero) is 1. The van der Waals surface area contributed by atoms with Crippen LogP contribution in [0.3, 0.4) is 0 Å². The zero-order valence-electron chi connectivity index (χ0n) is 14.0. The smallest absolute Gasteiger partial charge is 0.168 e. The second-order valence-corrected chi connectivity index (χ2v) is 7.11. The molecule has 0 bridgehead atoms. The van der Waals surface area contributed by atoms with Gasteiger partial charge in [-0.25, -0.2) is 0 Å². The summed E-state index contributed by atoms with van der Waals surface area (Å²) in [6, 6.07) is 0. The van der Waals surface area contributed by atoms with Crippen molar-refractivity contribution in [2.45, 2.75) is 85.5 Å². The number of thioether (sulfide) groups is 1. The van der Waals surface area contributed by atoms with Crippen LogP contribution < -0.4 is 0 Å². The predicted molar refractivity (Wildman–Crippen MR) is 93.3 cm³/mol. The Kier molecular flexibility index (Phi) is 13.6. The maximum absolute atomic E-state index is 12.3. The minimum absolute atomic E-state index is 0.372. The van der Waals surface area contributed by atoms with E-state index in [0.29, 0.717) is 11.7 Å². The first-order valence-corrected chi connectivity index (χ1v) is 9.46. The predicted octanol–water partition coefficient (Wildman–Crippen LogP) is 6.38. The van der Waals surface area contributed by atoms with Crippen LogP contribution in [0.15, 0.2) is 11.0 Å². The number of ketones is 1. The third-order valence-electron chi connectivity index (χ3n) is 3.37. The second kappa shape index (κ2) is 13.7. The molecular weight excluding hydrogens is 264 g/mol. The van der Waals surface area contributed by atoms with Crippen molar-refractivity contribution in [3.63, 3.8) is 0 Å². The van der Waals surface area contributed by atoms with E-state index in [1.54, 1.807) is 11.8 Å². The SMILES string of the molecule is CCCCC/C=C(/SCCCCC)C(=O)CCC(C)C. The van der Waals surface area contributed by atoms with E-state index in [2.05, 4.69) is 33.8 Å². The zero-order valence-corrected chi connectivity index (χ0v) is 14.9. The van der Waals surface area contributed by atoms with E-state index in [9.17, 15) is 4.79 Å². The van der Waals surface area contributed by atoms with Crippen LogP contribution in [0.25, 0.3) is 0 Å². The van der Waals surface area contributed by atoms with Gasteiger partial charge in [-0.2, -0.15) is 0 Å². The number of hydrogen-bond donors (Lipinski definition) is 0. The molecular formula is C18H34OS. The highest BCUT2D eigenvalue weighted by Gasteiger charge is 2.10. The number of carbonyl (C=O) groups is 1. The van der Waals surface area contributed by atoms with Crippen molar-refractivity contribution in [2.24, 2.45) is 5.92 Å². The van der Waals surface area contributed by atoms with E-state index in [0.717, 1.165) is 29.9 Å². The van der Waals surface area contributed by atoms with Gasteiger partial charge in [0.15, 0.2) is 5.78 Å². The molecule has 0 rings (SSSR count). The Morgan fingerprint density at radius 2 is 1.70 bits per heavy atom. The standard InChI is InChI=1S/C18H34OS/c1-5-7-9-10-12-18(20-15-11-8-6-2)17(19)14-13-16(3)4/h12,16H,5-11,13-15H2,1-4H3/b18-12+. The van der Waals surface area contributed by atoms with Gasteiger partial charge in [0.25, 0.3) is 0 Å². The molecule has 0 heterocycles. The normalized spacial score (nSPS) is 12.2. The van der Waals surface area contributed by atoms with E-state index in [-0.39, 0.29) is 0 Å². The Morgan fingerprint density at radius 3 is 2.30 bits per heavy atom. The first kappa shape index (κ1) is 19.8. The van der Waals surface area contributed by atoms with E-state index in [4.69, 9.17) is 0 Å². The summed E-state index contributed by atoms with van der Waals surface area (Å²) in [6.45, 7) is 8.82. The van der Waals surface area contributed by atoms with Crippen LogP contribution in [0.4, 0.5) is 0 Å². The fourth-order valence-corrected chi connectivity index (χ4v) is 3.03. The third kappa shape index (κ3) is 11.6. The van der Waals surface area contributed by atoms with Gasteiger partial charge >= 0.3 is 0 Å². The number of hydrogen-bond acceptors (Lipinski definition) is 2. The molecule has 118 valence electrons. The lowest BCUT2D eigenvalue weighted by atomic mass is 10.1. The molecule has 20 heavy (non-hydrogen) atoms. The van der Waals surface area contributed by atoms with Crippen LogP contribution in [0.5, 0.6) is 0 Å². The Morgan fingerprint density at radius 1 is 1.05 bits per heavy atom. The maximum atomic E-state index is 12.3. The van der Waals surface area contributed by atoms with Crippen LogP contribution in [0, 0.1) is 5.92 Å². The summed E-state index contributed by atoms with van der Waals surface area (Å²) >= 11 is 1.79. The van der Waals surface area contributed by atoms with Gasteiger partial charge in [-0.3, -0.25) is 4.79 Å². The minimum Gasteiger partial charge on any atom is -0.294 e. The maximum Gasteiger partial charge on any atom is 0.168 e. The van der Waals surface area contributed by atoms with Gasteiger partial charge in [-0.05, 0) is 37.4 Å². The van der Waals surface area contributed by atoms with Gasteiger partial charge in [-0.1, -0.05) is 59.5 Å². The fraction of sp³-hybridized carbons (Fsp3) is 0.833. The molecule has 0 atom stereocenters. The number of rotatable bonds is 13. The van der Waals surface area contributed by atoms with Gasteiger partial charge in [0, 0.05) is 11.3 Å². The number of allylic oxidation sites excluding steroid dienone is 2. The highest BCUT2D eigenvalue weighted by molar-refractivity contribution is 8.04. The zero-order chi connectivity index (χ0) is 15.2. The first-order chi connectivity index (χ1) is 9.61. The number of carbonyl (C=O) groups excluding carboxylic acids is 1. The fourth-order valence-electron chi connectivity index (χ4n) is 1.96. The summed E-state index contributed by atoms with van der Waals surface area (Å²) in [4.78, 5) is 13.3. The van der Waals surface area contributed by atoms with Gasteiger partial charge in [0.2, 0.25) is 0 Å².